The van der Waals surface area contributed by atoms with Crippen LogP contribution in [0, 0.1) is 6.92 Å². The first kappa shape index (κ1) is 11.0. The van der Waals surface area contributed by atoms with E-state index in [9.17, 15) is 4.79 Å². The van der Waals surface area contributed by atoms with Crippen LogP contribution in [-0.4, -0.2) is 16.1 Å². The lowest BCUT2D eigenvalue weighted by Crippen LogP contribution is -1.95. The van der Waals surface area contributed by atoms with E-state index in [1.807, 2.05) is 12.1 Å². The summed E-state index contributed by atoms with van der Waals surface area (Å²) in [6, 6.07) is 11.7. The number of fused-ring (bicyclic) bond motifs is 1. The second kappa shape index (κ2) is 3.99. The van der Waals surface area contributed by atoms with Crippen molar-refractivity contribution in [2.75, 3.05) is 0 Å². The minimum atomic E-state index is -0.932. The van der Waals surface area contributed by atoms with E-state index >= 15 is 0 Å². The molecule has 0 saturated heterocycles. The number of H-pyrrole nitrogens is 1. The third-order valence-corrected chi connectivity index (χ3v) is 4.24. The molecule has 0 bridgehead atoms. The van der Waals surface area contributed by atoms with Gasteiger partial charge in [0.05, 0.1) is 10.6 Å². The Bertz CT molecular complexity index is 739. The van der Waals surface area contributed by atoms with Gasteiger partial charge in [-0.25, -0.2) is 4.79 Å². The van der Waals surface area contributed by atoms with Crippen LogP contribution < -0.4 is 0 Å². The van der Waals surface area contributed by atoms with Crippen molar-refractivity contribution in [2.24, 2.45) is 0 Å². The average molecular weight is 257 g/mol. The van der Waals surface area contributed by atoms with Crippen LogP contribution in [-0.2, 0) is 0 Å². The monoisotopic (exact) mass is 257 g/mol. The molecule has 0 spiro atoms. The van der Waals surface area contributed by atoms with Crippen molar-refractivity contribution in [3.63, 3.8) is 0 Å². The summed E-state index contributed by atoms with van der Waals surface area (Å²) in [6.07, 6.45) is 0. The van der Waals surface area contributed by atoms with Crippen molar-refractivity contribution in [3.8, 4) is 10.6 Å². The molecule has 18 heavy (non-hydrogen) atoms. The first-order valence-corrected chi connectivity index (χ1v) is 6.38. The van der Waals surface area contributed by atoms with Crippen LogP contribution >= 0.6 is 11.3 Å². The molecule has 3 rings (SSSR count). The summed E-state index contributed by atoms with van der Waals surface area (Å²) in [4.78, 5) is 14.8. The smallest absolute Gasteiger partial charge is 0.352 e. The minimum Gasteiger partial charge on any atom is -0.477 e. The molecular weight excluding hydrogens is 246 g/mol. The van der Waals surface area contributed by atoms with Gasteiger partial charge in [-0.2, -0.15) is 0 Å². The number of aromatic carboxylic acids is 1. The van der Waals surface area contributed by atoms with Gasteiger partial charge in [-0.3, -0.25) is 0 Å². The van der Waals surface area contributed by atoms with Crippen molar-refractivity contribution < 1.29 is 9.90 Å². The van der Waals surface area contributed by atoms with E-state index in [4.69, 9.17) is 5.11 Å². The topological polar surface area (TPSA) is 53.1 Å². The normalized spacial score (nSPS) is 10.9. The van der Waals surface area contributed by atoms with Crippen LogP contribution in [0.2, 0.25) is 0 Å². The summed E-state index contributed by atoms with van der Waals surface area (Å²) in [5.74, 6) is -0.932. The van der Waals surface area contributed by atoms with E-state index < -0.39 is 5.97 Å². The molecule has 0 aliphatic heterocycles. The van der Waals surface area contributed by atoms with Gasteiger partial charge in [0, 0.05) is 4.70 Å². The van der Waals surface area contributed by atoms with Gasteiger partial charge in [0.15, 0.2) is 0 Å². The number of carboxylic acid groups (broad SMARTS) is 1. The molecule has 2 N–H and O–H groups in total. The Hall–Kier alpha value is -2.07. The molecule has 0 saturated carbocycles. The first-order valence-electron chi connectivity index (χ1n) is 5.57. The predicted octanol–water partition coefficient (Wildman–Crippen LogP) is 3.90. The number of carboxylic acids is 1. The molecule has 0 amide bonds. The molecule has 3 nitrogen and oxygen atoms in total. The van der Waals surface area contributed by atoms with E-state index in [0.29, 0.717) is 0 Å². The molecule has 0 aliphatic rings. The minimum absolute atomic E-state index is 0.221. The molecule has 0 fully saturated rings. The lowest BCUT2D eigenvalue weighted by molar-refractivity contribution is 0.0691. The number of hydrogen-bond donors (Lipinski definition) is 2. The zero-order valence-corrected chi connectivity index (χ0v) is 10.5. The second-order valence-corrected chi connectivity index (χ2v) is 5.25. The Morgan fingerprint density at radius 3 is 2.78 bits per heavy atom. The van der Waals surface area contributed by atoms with E-state index in [0.717, 1.165) is 10.6 Å². The predicted molar refractivity (Wildman–Crippen MR) is 73.3 cm³/mol. The molecule has 0 atom stereocenters. The maximum absolute atomic E-state index is 10.8. The van der Waals surface area contributed by atoms with E-state index in [1.54, 1.807) is 17.4 Å². The number of nitrogens with one attached hydrogen (secondary N) is 1. The lowest BCUT2D eigenvalue weighted by atomic mass is 10.2. The fourth-order valence-corrected chi connectivity index (χ4v) is 3.11. The third-order valence-electron chi connectivity index (χ3n) is 2.92. The lowest BCUT2D eigenvalue weighted by Gasteiger charge is -1.92. The Kier molecular flexibility index (Phi) is 2.45. The SMILES string of the molecule is Cc1cccc2cc(-c3ccc(C(=O)O)[nH]3)sc12. The number of aromatic amines is 1. The Morgan fingerprint density at radius 1 is 1.28 bits per heavy atom. The van der Waals surface area contributed by atoms with Crippen LogP contribution in [0.4, 0.5) is 0 Å². The van der Waals surface area contributed by atoms with Gasteiger partial charge in [0.25, 0.3) is 0 Å². The number of rotatable bonds is 2. The maximum Gasteiger partial charge on any atom is 0.352 e. The molecule has 2 heterocycles. The standard InChI is InChI=1S/C14H11NO2S/c1-8-3-2-4-9-7-12(18-13(8)9)10-5-6-11(15-10)14(16)17/h2-7,15H,1H3,(H,16,17). The zero-order valence-electron chi connectivity index (χ0n) is 9.73. The number of aromatic nitrogens is 1. The average Bonchev–Trinajstić information content (AvgIpc) is 2.95. The molecule has 1 aromatic carbocycles. The Labute approximate surface area is 108 Å². The van der Waals surface area contributed by atoms with Crippen molar-refractivity contribution >= 4 is 27.4 Å². The van der Waals surface area contributed by atoms with Gasteiger partial charge in [0.2, 0.25) is 0 Å². The van der Waals surface area contributed by atoms with Gasteiger partial charge in [-0.1, -0.05) is 18.2 Å². The summed E-state index contributed by atoms with van der Waals surface area (Å²) < 4.78 is 1.25. The van der Waals surface area contributed by atoms with Gasteiger partial charge in [0.1, 0.15) is 5.69 Å². The summed E-state index contributed by atoms with van der Waals surface area (Å²) in [7, 11) is 0. The van der Waals surface area contributed by atoms with E-state index in [1.165, 1.54) is 15.6 Å². The molecule has 90 valence electrons. The fourth-order valence-electron chi connectivity index (χ4n) is 2.01. The van der Waals surface area contributed by atoms with Gasteiger partial charge >= 0.3 is 5.97 Å². The summed E-state index contributed by atoms with van der Waals surface area (Å²) >= 11 is 1.68. The Balaban J connectivity index is 2.13. The van der Waals surface area contributed by atoms with Crippen LogP contribution in [0.25, 0.3) is 20.7 Å². The molecule has 2 aromatic heterocycles. The summed E-state index contributed by atoms with van der Waals surface area (Å²) in [5, 5.41) is 10.1. The van der Waals surface area contributed by atoms with Crippen molar-refractivity contribution in [2.45, 2.75) is 6.92 Å². The second-order valence-electron chi connectivity index (χ2n) is 4.19. The molecular formula is C14H11NO2S. The van der Waals surface area contributed by atoms with Crippen LogP contribution in [0.1, 0.15) is 16.1 Å². The van der Waals surface area contributed by atoms with E-state index in [-0.39, 0.29) is 5.69 Å². The number of hydrogen-bond acceptors (Lipinski definition) is 2. The summed E-state index contributed by atoms with van der Waals surface area (Å²) in [5.41, 5.74) is 2.32. The fraction of sp³-hybridized carbons (Fsp3) is 0.0714. The van der Waals surface area contributed by atoms with Crippen molar-refractivity contribution in [1.82, 2.24) is 4.98 Å². The number of benzene rings is 1. The third kappa shape index (κ3) is 1.71. The zero-order chi connectivity index (χ0) is 12.7. The molecule has 0 aliphatic carbocycles. The highest BCUT2D eigenvalue weighted by atomic mass is 32.1. The number of aryl methyl sites for hydroxylation is 1. The molecule has 3 aromatic rings. The molecule has 0 radical (unpaired) electrons. The molecule has 0 unspecified atom stereocenters. The van der Waals surface area contributed by atoms with Crippen LogP contribution in [0.15, 0.2) is 36.4 Å². The van der Waals surface area contributed by atoms with Gasteiger partial charge in [-0.15, -0.1) is 11.3 Å². The molecule has 4 heteroatoms. The quantitative estimate of drug-likeness (QED) is 0.731. The van der Waals surface area contributed by atoms with Crippen molar-refractivity contribution in [1.29, 1.82) is 0 Å². The number of carbonyl (C=O) groups is 1. The van der Waals surface area contributed by atoms with Crippen LogP contribution in [0.3, 0.4) is 0 Å². The van der Waals surface area contributed by atoms with Crippen LogP contribution in [0.5, 0.6) is 0 Å². The van der Waals surface area contributed by atoms with Crippen molar-refractivity contribution in [3.05, 3.63) is 47.7 Å². The highest BCUT2D eigenvalue weighted by molar-refractivity contribution is 7.22. The highest BCUT2D eigenvalue weighted by Crippen LogP contribution is 2.34. The summed E-state index contributed by atoms with van der Waals surface area (Å²) in [6.45, 7) is 2.08. The van der Waals surface area contributed by atoms with E-state index in [2.05, 4.69) is 30.1 Å². The Morgan fingerprint density at radius 2 is 2.11 bits per heavy atom. The highest BCUT2D eigenvalue weighted by Gasteiger charge is 2.10. The maximum atomic E-state index is 10.8. The first-order chi connectivity index (χ1) is 8.65. The van der Waals surface area contributed by atoms with Gasteiger partial charge < -0.3 is 10.1 Å². The largest absolute Gasteiger partial charge is 0.477 e. The van der Waals surface area contributed by atoms with Gasteiger partial charge in [-0.05, 0) is 36.1 Å². The number of thiophene rings is 1.